The molecule has 134 valence electrons. The maximum Gasteiger partial charge on any atom is 0.323 e. The van der Waals surface area contributed by atoms with Crippen LogP contribution in [0.4, 0.5) is 10.6 Å². The van der Waals surface area contributed by atoms with Crippen LogP contribution in [0.5, 0.6) is 0 Å². The van der Waals surface area contributed by atoms with Crippen LogP contribution in [0.1, 0.15) is 37.6 Å². The standard InChI is InChI=1S/C19H26N4O2/c1-4-23(19(24)20-18-12-14(2)25-21-18)17-10-11-22(13-17)15(3)16-8-6-5-7-9-16/h5-9,12,15,17H,4,10-11,13H2,1-3H3,(H,20,21,24)/t15-,17+/m0/s1. The number of rotatable bonds is 5. The predicted octanol–water partition coefficient (Wildman–Crippen LogP) is 3.67. The minimum atomic E-state index is -0.116. The Morgan fingerprint density at radius 3 is 2.84 bits per heavy atom. The summed E-state index contributed by atoms with van der Waals surface area (Å²) >= 11 is 0. The Morgan fingerprint density at radius 1 is 1.44 bits per heavy atom. The third-order valence-corrected chi connectivity index (χ3v) is 4.93. The van der Waals surface area contributed by atoms with Crippen molar-refractivity contribution in [3.63, 3.8) is 0 Å². The van der Waals surface area contributed by atoms with Gasteiger partial charge < -0.3 is 9.42 Å². The number of hydrogen-bond acceptors (Lipinski definition) is 4. The number of amides is 2. The zero-order valence-corrected chi connectivity index (χ0v) is 15.1. The molecule has 3 rings (SSSR count). The molecule has 1 N–H and O–H groups in total. The maximum absolute atomic E-state index is 12.6. The molecular weight excluding hydrogens is 316 g/mol. The zero-order valence-electron chi connectivity index (χ0n) is 15.1. The van der Waals surface area contributed by atoms with E-state index in [-0.39, 0.29) is 12.1 Å². The first-order valence-electron chi connectivity index (χ1n) is 8.88. The minimum absolute atomic E-state index is 0.116. The second kappa shape index (κ2) is 7.70. The van der Waals surface area contributed by atoms with Gasteiger partial charge in [0.15, 0.2) is 5.82 Å². The zero-order chi connectivity index (χ0) is 17.8. The second-order valence-corrected chi connectivity index (χ2v) is 6.56. The Hall–Kier alpha value is -2.34. The number of aromatic nitrogens is 1. The number of anilines is 1. The fourth-order valence-electron chi connectivity index (χ4n) is 3.49. The molecule has 6 heteroatoms. The molecule has 2 aromatic rings. The smallest absolute Gasteiger partial charge is 0.323 e. The van der Waals surface area contributed by atoms with Crippen molar-refractivity contribution in [1.29, 1.82) is 0 Å². The molecule has 2 atom stereocenters. The largest absolute Gasteiger partial charge is 0.360 e. The fraction of sp³-hybridized carbons (Fsp3) is 0.474. The summed E-state index contributed by atoms with van der Waals surface area (Å²) < 4.78 is 5.01. The number of nitrogens with one attached hydrogen (secondary N) is 1. The molecule has 1 fully saturated rings. The van der Waals surface area contributed by atoms with Gasteiger partial charge in [-0.25, -0.2) is 4.79 Å². The molecule has 25 heavy (non-hydrogen) atoms. The first kappa shape index (κ1) is 17.5. The molecule has 0 saturated carbocycles. The first-order valence-corrected chi connectivity index (χ1v) is 8.88. The highest BCUT2D eigenvalue weighted by atomic mass is 16.5. The number of likely N-dealkylation sites (N-methyl/N-ethyl adjacent to an activating group) is 1. The molecule has 6 nitrogen and oxygen atoms in total. The summed E-state index contributed by atoms with van der Waals surface area (Å²) in [6, 6.07) is 12.7. The number of aryl methyl sites for hydroxylation is 1. The fourth-order valence-corrected chi connectivity index (χ4v) is 3.49. The van der Waals surface area contributed by atoms with Crippen LogP contribution in [0, 0.1) is 6.92 Å². The number of carbonyl (C=O) groups is 1. The van der Waals surface area contributed by atoms with Gasteiger partial charge in [0.2, 0.25) is 0 Å². The number of hydrogen-bond donors (Lipinski definition) is 1. The van der Waals surface area contributed by atoms with Gasteiger partial charge in [0.05, 0.1) is 0 Å². The van der Waals surface area contributed by atoms with Crippen molar-refractivity contribution in [2.24, 2.45) is 0 Å². The summed E-state index contributed by atoms with van der Waals surface area (Å²) in [6.45, 7) is 8.59. The lowest BCUT2D eigenvalue weighted by Gasteiger charge is -2.29. The quantitative estimate of drug-likeness (QED) is 0.900. The average Bonchev–Trinajstić information content (AvgIpc) is 3.25. The Bertz CT molecular complexity index is 700. The number of nitrogens with zero attached hydrogens (tertiary/aromatic N) is 3. The van der Waals surface area contributed by atoms with Crippen molar-refractivity contribution in [2.45, 2.75) is 39.3 Å². The van der Waals surface area contributed by atoms with Crippen LogP contribution in [-0.2, 0) is 0 Å². The number of urea groups is 1. The van der Waals surface area contributed by atoms with Crippen LogP contribution in [0.15, 0.2) is 40.9 Å². The van der Waals surface area contributed by atoms with Crippen molar-refractivity contribution in [1.82, 2.24) is 15.0 Å². The molecule has 0 radical (unpaired) electrons. The summed E-state index contributed by atoms with van der Waals surface area (Å²) in [4.78, 5) is 16.9. The van der Waals surface area contributed by atoms with Crippen molar-refractivity contribution < 1.29 is 9.32 Å². The van der Waals surface area contributed by atoms with Crippen LogP contribution in [0.3, 0.4) is 0 Å². The predicted molar refractivity (Wildman–Crippen MR) is 97.5 cm³/mol. The molecule has 1 aliphatic rings. The van der Waals surface area contributed by atoms with E-state index in [2.05, 4.69) is 46.6 Å². The van der Waals surface area contributed by atoms with Crippen molar-refractivity contribution >= 4 is 11.8 Å². The maximum atomic E-state index is 12.6. The third-order valence-electron chi connectivity index (χ3n) is 4.93. The van der Waals surface area contributed by atoms with E-state index in [1.54, 1.807) is 13.0 Å². The minimum Gasteiger partial charge on any atom is -0.360 e. The Morgan fingerprint density at radius 2 is 2.20 bits per heavy atom. The van der Waals surface area contributed by atoms with Gasteiger partial charge in [-0.15, -0.1) is 0 Å². The van der Waals surface area contributed by atoms with E-state index < -0.39 is 0 Å². The molecule has 1 aromatic carbocycles. The monoisotopic (exact) mass is 342 g/mol. The molecule has 0 aliphatic carbocycles. The van der Waals surface area contributed by atoms with Crippen LogP contribution in [0.25, 0.3) is 0 Å². The lowest BCUT2D eigenvalue weighted by atomic mass is 10.1. The first-order chi connectivity index (χ1) is 12.1. The highest BCUT2D eigenvalue weighted by molar-refractivity contribution is 5.88. The topological polar surface area (TPSA) is 61.6 Å². The van der Waals surface area contributed by atoms with Gasteiger partial charge in [-0.2, -0.15) is 0 Å². The molecule has 0 bridgehead atoms. The van der Waals surface area contributed by atoms with Crippen LogP contribution in [0.2, 0.25) is 0 Å². The van der Waals surface area contributed by atoms with Gasteiger partial charge in [-0.1, -0.05) is 35.5 Å². The lowest BCUT2D eigenvalue weighted by Crippen LogP contribution is -2.44. The second-order valence-electron chi connectivity index (χ2n) is 6.56. The average molecular weight is 342 g/mol. The molecule has 1 aromatic heterocycles. The van der Waals surface area contributed by atoms with Gasteiger partial charge >= 0.3 is 6.03 Å². The van der Waals surface area contributed by atoms with E-state index in [0.29, 0.717) is 24.2 Å². The molecule has 0 unspecified atom stereocenters. The Labute approximate surface area is 148 Å². The molecule has 2 heterocycles. The molecule has 1 saturated heterocycles. The summed E-state index contributed by atoms with van der Waals surface area (Å²) in [5, 5.41) is 6.67. The van der Waals surface area contributed by atoms with E-state index >= 15 is 0 Å². The summed E-state index contributed by atoms with van der Waals surface area (Å²) in [7, 11) is 0. The highest BCUT2D eigenvalue weighted by Crippen LogP contribution is 2.26. The summed E-state index contributed by atoms with van der Waals surface area (Å²) in [5.41, 5.74) is 1.31. The number of likely N-dealkylation sites (tertiary alicyclic amines) is 1. The van der Waals surface area contributed by atoms with Gasteiger partial charge in [-0.05, 0) is 32.8 Å². The SMILES string of the molecule is CCN(C(=O)Nc1cc(C)on1)[C@@H]1CCN([C@@H](C)c2ccccc2)C1. The van der Waals surface area contributed by atoms with Crippen molar-refractivity contribution in [2.75, 3.05) is 25.0 Å². The van der Waals surface area contributed by atoms with Gasteiger partial charge in [0.1, 0.15) is 5.76 Å². The van der Waals surface area contributed by atoms with E-state index in [1.807, 2.05) is 17.9 Å². The summed E-state index contributed by atoms with van der Waals surface area (Å²) in [5.74, 6) is 1.15. The Balaban J connectivity index is 1.61. The van der Waals surface area contributed by atoms with Crippen LogP contribution in [-0.4, -0.2) is 46.7 Å². The molecule has 0 spiro atoms. The van der Waals surface area contributed by atoms with Crippen molar-refractivity contribution in [3.05, 3.63) is 47.7 Å². The van der Waals surface area contributed by atoms with Crippen LogP contribution >= 0.6 is 0 Å². The Kier molecular flexibility index (Phi) is 5.38. The van der Waals surface area contributed by atoms with Crippen LogP contribution < -0.4 is 5.32 Å². The number of carbonyl (C=O) groups excluding carboxylic acids is 1. The van der Waals surface area contributed by atoms with E-state index in [0.717, 1.165) is 19.5 Å². The highest BCUT2D eigenvalue weighted by Gasteiger charge is 2.32. The third kappa shape index (κ3) is 4.02. The lowest BCUT2D eigenvalue weighted by molar-refractivity contribution is 0.183. The molecular formula is C19H26N4O2. The van der Waals surface area contributed by atoms with Gasteiger partial charge in [-0.3, -0.25) is 10.2 Å². The molecule has 1 aliphatic heterocycles. The molecule has 2 amide bonds. The van der Waals surface area contributed by atoms with E-state index in [1.165, 1.54) is 5.56 Å². The number of benzene rings is 1. The van der Waals surface area contributed by atoms with Gasteiger partial charge in [0, 0.05) is 37.8 Å². The summed E-state index contributed by atoms with van der Waals surface area (Å²) in [6.07, 6.45) is 0.982. The van der Waals surface area contributed by atoms with E-state index in [4.69, 9.17) is 4.52 Å². The van der Waals surface area contributed by atoms with E-state index in [9.17, 15) is 4.79 Å². The van der Waals surface area contributed by atoms with Crippen molar-refractivity contribution in [3.8, 4) is 0 Å². The van der Waals surface area contributed by atoms with Gasteiger partial charge in [0.25, 0.3) is 0 Å². The normalized spacial score (nSPS) is 18.9.